The number of halogens is 1. The molecule has 0 bridgehead atoms. The van der Waals surface area contributed by atoms with Crippen molar-refractivity contribution in [3.8, 4) is 0 Å². The highest BCUT2D eigenvalue weighted by molar-refractivity contribution is 5.58. The summed E-state index contributed by atoms with van der Waals surface area (Å²) in [4.78, 5) is 4.48. The highest BCUT2D eigenvalue weighted by atomic mass is 19.1. The van der Waals surface area contributed by atoms with Crippen LogP contribution in [0, 0.1) is 19.7 Å². The predicted molar refractivity (Wildman–Crippen MR) is 91.2 cm³/mol. The summed E-state index contributed by atoms with van der Waals surface area (Å²) in [5.41, 5.74) is 10.6. The zero-order chi connectivity index (χ0) is 15.7. The Morgan fingerprint density at radius 3 is 2.14 bits per heavy atom. The summed E-state index contributed by atoms with van der Waals surface area (Å²) < 4.78 is 14.0. The molecular formula is C18H22FN3. The molecule has 1 heterocycles. The number of piperazine rings is 1. The van der Waals surface area contributed by atoms with Crippen LogP contribution in [0.4, 0.5) is 21.5 Å². The third-order valence-electron chi connectivity index (χ3n) is 4.30. The molecule has 0 aromatic heterocycles. The van der Waals surface area contributed by atoms with Gasteiger partial charge in [-0.15, -0.1) is 0 Å². The first kappa shape index (κ1) is 14.7. The maximum Gasteiger partial charge on any atom is 0.148 e. The first-order chi connectivity index (χ1) is 10.5. The number of nitrogens with two attached hydrogens (primary N) is 1. The third kappa shape index (κ3) is 2.86. The Morgan fingerprint density at radius 1 is 0.864 bits per heavy atom. The van der Waals surface area contributed by atoms with Crippen molar-refractivity contribution >= 4 is 17.1 Å². The fourth-order valence-electron chi connectivity index (χ4n) is 3.03. The lowest BCUT2D eigenvalue weighted by atomic mass is 10.1. The first-order valence-electron chi connectivity index (χ1n) is 7.67. The van der Waals surface area contributed by atoms with Gasteiger partial charge in [0.05, 0.1) is 5.69 Å². The van der Waals surface area contributed by atoms with E-state index in [4.69, 9.17) is 5.73 Å². The lowest BCUT2D eigenvalue weighted by Crippen LogP contribution is -2.47. The van der Waals surface area contributed by atoms with E-state index < -0.39 is 0 Å². The fourth-order valence-corrected chi connectivity index (χ4v) is 3.03. The average Bonchev–Trinajstić information content (AvgIpc) is 2.50. The Hall–Kier alpha value is -2.23. The molecular weight excluding hydrogens is 277 g/mol. The quantitative estimate of drug-likeness (QED) is 0.863. The second kappa shape index (κ2) is 5.87. The van der Waals surface area contributed by atoms with Crippen LogP contribution in [0.2, 0.25) is 0 Å². The van der Waals surface area contributed by atoms with Crippen LogP contribution >= 0.6 is 0 Å². The minimum absolute atomic E-state index is 0.236. The molecule has 1 fully saturated rings. The van der Waals surface area contributed by atoms with E-state index in [0.29, 0.717) is 11.4 Å². The van der Waals surface area contributed by atoms with Crippen LogP contribution in [-0.4, -0.2) is 26.2 Å². The van der Waals surface area contributed by atoms with Gasteiger partial charge in [-0.25, -0.2) is 4.39 Å². The maximum absolute atomic E-state index is 14.0. The molecule has 3 rings (SSSR count). The zero-order valence-corrected chi connectivity index (χ0v) is 13.1. The van der Waals surface area contributed by atoms with E-state index in [9.17, 15) is 4.39 Å². The molecule has 0 spiro atoms. The van der Waals surface area contributed by atoms with Gasteiger partial charge in [-0.05, 0) is 49.2 Å². The number of hydrogen-bond donors (Lipinski definition) is 1. The number of hydrogen-bond acceptors (Lipinski definition) is 3. The van der Waals surface area contributed by atoms with Crippen LogP contribution < -0.4 is 15.5 Å². The normalized spacial score (nSPS) is 15.2. The van der Waals surface area contributed by atoms with E-state index in [1.807, 2.05) is 0 Å². The summed E-state index contributed by atoms with van der Waals surface area (Å²) in [5, 5.41) is 0. The predicted octanol–water partition coefficient (Wildman–Crippen LogP) is 3.35. The van der Waals surface area contributed by atoms with E-state index in [0.717, 1.165) is 26.2 Å². The van der Waals surface area contributed by atoms with Crippen LogP contribution in [0.1, 0.15) is 11.1 Å². The Morgan fingerprint density at radius 2 is 1.50 bits per heavy atom. The molecule has 2 aromatic carbocycles. The molecule has 0 atom stereocenters. The molecule has 1 aliphatic rings. The highest BCUT2D eigenvalue weighted by Gasteiger charge is 2.20. The van der Waals surface area contributed by atoms with Crippen LogP contribution in [0.15, 0.2) is 36.4 Å². The van der Waals surface area contributed by atoms with Crippen LogP contribution in [0.25, 0.3) is 0 Å². The smallest absolute Gasteiger partial charge is 0.148 e. The molecule has 4 heteroatoms. The summed E-state index contributed by atoms with van der Waals surface area (Å²) in [6, 6.07) is 11.5. The van der Waals surface area contributed by atoms with Crippen molar-refractivity contribution in [3.05, 3.63) is 53.3 Å². The van der Waals surface area contributed by atoms with Crippen molar-refractivity contribution < 1.29 is 4.39 Å². The number of anilines is 3. The molecule has 2 N–H and O–H groups in total. The van der Waals surface area contributed by atoms with Crippen molar-refractivity contribution in [1.82, 2.24) is 0 Å². The Bertz CT molecular complexity index is 676. The van der Waals surface area contributed by atoms with Crippen molar-refractivity contribution in [2.75, 3.05) is 41.7 Å². The number of aryl methyl sites for hydroxylation is 2. The van der Waals surface area contributed by atoms with E-state index in [1.165, 1.54) is 22.9 Å². The lowest BCUT2D eigenvalue weighted by Gasteiger charge is -2.38. The molecule has 0 radical (unpaired) electrons. The van der Waals surface area contributed by atoms with Gasteiger partial charge in [0.15, 0.2) is 0 Å². The largest absolute Gasteiger partial charge is 0.399 e. The van der Waals surface area contributed by atoms with Crippen LogP contribution in [0.3, 0.4) is 0 Å². The summed E-state index contributed by atoms with van der Waals surface area (Å²) in [5.74, 6) is -0.236. The van der Waals surface area contributed by atoms with Gasteiger partial charge >= 0.3 is 0 Å². The van der Waals surface area contributed by atoms with Crippen molar-refractivity contribution in [1.29, 1.82) is 0 Å². The van der Waals surface area contributed by atoms with Gasteiger partial charge in [-0.2, -0.15) is 0 Å². The first-order valence-corrected chi connectivity index (χ1v) is 7.67. The second-order valence-electron chi connectivity index (χ2n) is 5.97. The van der Waals surface area contributed by atoms with E-state index in [2.05, 4.69) is 41.8 Å². The summed E-state index contributed by atoms with van der Waals surface area (Å²) >= 11 is 0. The Balaban J connectivity index is 1.73. The number of rotatable bonds is 2. The monoisotopic (exact) mass is 299 g/mol. The minimum Gasteiger partial charge on any atom is -0.399 e. The van der Waals surface area contributed by atoms with Gasteiger partial charge in [-0.1, -0.05) is 12.1 Å². The molecule has 116 valence electrons. The van der Waals surface area contributed by atoms with Gasteiger partial charge in [-0.3, -0.25) is 0 Å². The molecule has 1 aliphatic heterocycles. The van der Waals surface area contributed by atoms with Crippen LogP contribution in [0.5, 0.6) is 0 Å². The van der Waals surface area contributed by atoms with E-state index in [1.54, 1.807) is 12.1 Å². The van der Waals surface area contributed by atoms with Crippen LogP contribution in [-0.2, 0) is 0 Å². The zero-order valence-electron chi connectivity index (χ0n) is 13.1. The molecule has 3 nitrogen and oxygen atoms in total. The van der Waals surface area contributed by atoms with Gasteiger partial charge in [0.25, 0.3) is 0 Å². The second-order valence-corrected chi connectivity index (χ2v) is 5.97. The number of benzene rings is 2. The van der Waals surface area contributed by atoms with E-state index >= 15 is 0 Å². The standard InChI is InChI=1S/C18H22FN3/c1-13-3-4-14(2)18(11-13)22-9-7-21(8-10-22)17-6-5-15(20)12-16(17)19/h3-6,11-12H,7-10,20H2,1-2H3. The lowest BCUT2D eigenvalue weighted by molar-refractivity contribution is 0.598. The average molecular weight is 299 g/mol. The summed E-state index contributed by atoms with van der Waals surface area (Å²) in [6.07, 6.45) is 0. The molecule has 1 saturated heterocycles. The molecule has 2 aromatic rings. The van der Waals surface area contributed by atoms with Gasteiger partial charge in [0, 0.05) is 37.6 Å². The molecule has 0 amide bonds. The molecule has 0 saturated carbocycles. The minimum atomic E-state index is -0.236. The maximum atomic E-state index is 14.0. The Labute approximate surface area is 131 Å². The van der Waals surface area contributed by atoms with Gasteiger partial charge in [0.1, 0.15) is 5.82 Å². The fraction of sp³-hybridized carbons (Fsp3) is 0.333. The molecule has 22 heavy (non-hydrogen) atoms. The topological polar surface area (TPSA) is 32.5 Å². The highest BCUT2D eigenvalue weighted by Crippen LogP contribution is 2.26. The SMILES string of the molecule is Cc1ccc(C)c(N2CCN(c3ccc(N)cc3F)CC2)c1. The molecule has 0 unspecified atom stereocenters. The van der Waals surface area contributed by atoms with E-state index in [-0.39, 0.29) is 5.82 Å². The third-order valence-corrected chi connectivity index (χ3v) is 4.30. The van der Waals surface area contributed by atoms with Gasteiger partial charge in [0.2, 0.25) is 0 Å². The van der Waals surface area contributed by atoms with Crippen molar-refractivity contribution in [2.24, 2.45) is 0 Å². The van der Waals surface area contributed by atoms with Gasteiger partial charge < -0.3 is 15.5 Å². The van der Waals surface area contributed by atoms with Crippen molar-refractivity contribution in [2.45, 2.75) is 13.8 Å². The number of nitrogen functional groups attached to an aromatic ring is 1. The molecule has 0 aliphatic carbocycles. The Kier molecular flexibility index (Phi) is 3.92. The van der Waals surface area contributed by atoms with Crippen molar-refractivity contribution in [3.63, 3.8) is 0 Å². The number of nitrogens with zero attached hydrogens (tertiary/aromatic N) is 2. The summed E-state index contributed by atoms with van der Waals surface area (Å²) in [7, 11) is 0. The summed E-state index contributed by atoms with van der Waals surface area (Å²) in [6.45, 7) is 7.67.